The molecule has 106 valence electrons. The number of rotatable bonds is 5. The van der Waals surface area contributed by atoms with Gasteiger partial charge >= 0.3 is 0 Å². The van der Waals surface area contributed by atoms with Crippen molar-refractivity contribution in [3.05, 3.63) is 34.8 Å². The maximum Gasteiger partial charge on any atom is 0.243 e. The topological polar surface area (TPSA) is 101 Å². The molecule has 0 aliphatic carbocycles. The molecule has 20 heavy (non-hydrogen) atoms. The molecule has 4 N–H and O–H groups in total. The number of aryl methyl sites for hydroxylation is 1. The number of hydrogen-bond donors (Lipinski definition) is 3. The number of aromatic nitrogens is 2. The summed E-state index contributed by atoms with van der Waals surface area (Å²) in [5.41, 5.74) is 6.74. The zero-order valence-electron chi connectivity index (χ0n) is 11.0. The second kappa shape index (κ2) is 6.44. The SMILES string of the molecule is CCc1nnc(NC(=O)[C@@H](N)Cc2ccc(O)cc2)s1. The van der Waals surface area contributed by atoms with Crippen LogP contribution < -0.4 is 11.1 Å². The van der Waals surface area contributed by atoms with Crippen molar-refractivity contribution in [2.45, 2.75) is 25.8 Å². The number of anilines is 1. The summed E-state index contributed by atoms with van der Waals surface area (Å²) in [6.07, 6.45) is 1.18. The van der Waals surface area contributed by atoms with Crippen LogP contribution in [0.2, 0.25) is 0 Å². The molecule has 0 fully saturated rings. The average molecular weight is 292 g/mol. The van der Waals surface area contributed by atoms with Gasteiger partial charge in [-0.05, 0) is 30.5 Å². The van der Waals surface area contributed by atoms with E-state index in [-0.39, 0.29) is 11.7 Å². The predicted molar refractivity (Wildman–Crippen MR) is 77.7 cm³/mol. The fourth-order valence-electron chi connectivity index (χ4n) is 1.62. The summed E-state index contributed by atoms with van der Waals surface area (Å²) in [5, 5.41) is 21.0. The number of hydrogen-bond acceptors (Lipinski definition) is 6. The van der Waals surface area contributed by atoms with Crippen molar-refractivity contribution in [3.63, 3.8) is 0 Å². The van der Waals surface area contributed by atoms with E-state index in [9.17, 15) is 9.90 Å². The number of benzene rings is 1. The molecule has 0 aliphatic rings. The van der Waals surface area contributed by atoms with Crippen LogP contribution >= 0.6 is 11.3 Å². The number of nitrogens with zero attached hydrogens (tertiary/aromatic N) is 2. The van der Waals surface area contributed by atoms with Gasteiger partial charge in [-0.3, -0.25) is 10.1 Å². The monoisotopic (exact) mass is 292 g/mol. The van der Waals surface area contributed by atoms with Gasteiger partial charge in [0.05, 0.1) is 6.04 Å². The van der Waals surface area contributed by atoms with Crippen LogP contribution in [0.3, 0.4) is 0 Å². The molecule has 0 bridgehead atoms. The molecular weight excluding hydrogens is 276 g/mol. The highest BCUT2D eigenvalue weighted by molar-refractivity contribution is 7.15. The molecular formula is C13H16N4O2S. The number of aromatic hydroxyl groups is 1. The van der Waals surface area contributed by atoms with Crippen LogP contribution in [0.5, 0.6) is 5.75 Å². The summed E-state index contributed by atoms with van der Waals surface area (Å²) in [4.78, 5) is 11.9. The van der Waals surface area contributed by atoms with Gasteiger partial charge in [0.25, 0.3) is 0 Å². The van der Waals surface area contributed by atoms with Crippen molar-refractivity contribution in [2.24, 2.45) is 5.73 Å². The molecule has 0 radical (unpaired) electrons. The third kappa shape index (κ3) is 3.75. The Morgan fingerprint density at radius 2 is 2.10 bits per heavy atom. The highest BCUT2D eigenvalue weighted by atomic mass is 32.1. The number of amides is 1. The molecule has 1 atom stereocenters. The van der Waals surface area contributed by atoms with Crippen molar-refractivity contribution in [3.8, 4) is 5.75 Å². The molecule has 1 aromatic carbocycles. The lowest BCUT2D eigenvalue weighted by molar-refractivity contribution is -0.117. The predicted octanol–water partition coefficient (Wildman–Crippen LogP) is 1.31. The lowest BCUT2D eigenvalue weighted by atomic mass is 10.1. The number of nitrogens with two attached hydrogens (primary N) is 1. The maximum atomic E-state index is 11.9. The van der Waals surface area contributed by atoms with E-state index >= 15 is 0 Å². The fourth-order valence-corrected chi connectivity index (χ4v) is 2.31. The summed E-state index contributed by atoms with van der Waals surface area (Å²) in [5.74, 6) is -0.107. The molecule has 0 aliphatic heterocycles. The van der Waals surface area contributed by atoms with Crippen LogP contribution in [0.4, 0.5) is 5.13 Å². The van der Waals surface area contributed by atoms with Gasteiger partial charge < -0.3 is 10.8 Å². The first-order valence-corrected chi connectivity index (χ1v) is 7.07. The molecule has 7 heteroatoms. The first-order chi connectivity index (χ1) is 9.58. The Morgan fingerprint density at radius 1 is 1.40 bits per heavy atom. The van der Waals surface area contributed by atoms with Crippen LogP contribution in [0.15, 0.2) is 24.3 Å². The first kappa shape index (κ1) is 14.4. The minimum Gasteiger partial charge on any atom is -0.508 e. The molecule has 0 saturated heterocycles. The van der Waals surface area contributed by atoms with Gasteiger partial charge in [-0.25, -0.2) is 0 Å². The largest absolute Gasteiger partial charge is 0.508 e. The van der Waals surface area contributed by atoms with Gasteiger partial charge in [-0.15, -0.1) is 10.2 Å². The number of nitrogens with one attached hydrogen (secondary N) is 1. The van der Waals surface area contributed by atoms with E-state index in [4.69, 9.17) is 5.73 Å². The van der Waals surface area contributed by atoms with Crippen molar-refractivity contribution >= 4 is 22.4 Å². The minimum atomic E-state index is -0.673. The Balaban J connectivity index is 1.93. The van der Waals surface area contributed by atoms with Gasteiger partial charge in [0.15, 0.2) is 0 Å². The summed E-state index contributed by atoms with van der Waals surface area (Å²) in [6, 6.07) is 5.94. The van der Waals surface area contributed by atoms with E-state index in [0.29, 0.717) is 11.6 Å². The van der Waals surface area contributed by atoms with Crippen molar-refractivity contribution in [1.82, 2.24) is 10.2 Å². The van der Waals surface area contributed by atoms with Gasteiger partial charge in [-0.1, -0.05) is 30.4 Å². The Morgan fingerprint density at radius 3 is 2.70 bits per heavy atom. The number of phenols is 1. The third-order valence-corrected chi connectivity index (χ3v) is 3.71. The van der Waals surface area contributed by atoms with Gasteiger partial charge in [0.2, 0.25) is 11.0 Å². The van der Waals surface area contributed by atoms with Gasteiger partial charge in [0.1, 0.15) is 10.8 Å². The molecule has 2 rings (SSSR count). The molecule has 2 aromatic rings. The van der Waals surface area contributed by atoms with E-state index in [2.05, 4.69) is 15.5 Å². The smallest absolute Gasteiger partial charge is 0.243 e. The lowest BCUT2D eigenvalue weighted by Gasteiger charge is -2.10. The van der Waals surface area contributed by atoms with Crippen LogP contribution in [-0.4, -0.2) is 27.3 Å². The van der Waals surface area contributed by atoms with Gasteiger partial charge in [-0.2, -0.15) is 0 Å². The van der Waals surface area contributed by atoms with E-state index < -0.39 is 6.04 Å². The third-order valence-electron chi connectivity index (χ3n) is 2.73. The fraction of sp³-hybridized carbons (Fsp3) is 0.308. The number of carbonyl (C=O) groups excluding carboxylic acids is 1. The van der Waals surface area contributed by atoms with Gasteiger partial charge in [0, 0.05) is 0 Å². The molecule has 1 heterocycles. The highest BCUT2D eigenvalue weighted by Gasteiger charge is 2.16. The number of phenolic OH excluding ortho intramolecular Hbond substituents is 1. The van der Waals surface area contributed by atoms with Crippen LogP contribution in [0.1, 0.15) is 17.5 Å². The maximum absolute atomic E-state index is 11.9. The Hall–Kier alpha value is -1.99. The Labute approximate surface area is 120 Å². The van der Waals surface area contributed by atoms with Crippen LogP contribution in [-0.2, 0) is 17.6 Å². The Bertz CT molecular complexity index is 582. The molecule has 6 nitrogen and oxygen atoms in total. The van der Waals surface area contributed by atoms with Crippen LogP contribution in [0.25, 0.3) is 0 Å². The van der Waals surface area contributed by atoms with E-state index in [0.717, 1.165) is 17.0 Å². The lowest BCUT2D eigenvalue weighted by Crippen LogP contribution is -2.37. The molecule has 1 amide bonds. The van der Waals surface area contributed by atoms with Crippen molar-refractivity contribution < 1.29 is 9.90 Å². The average Bonchev–Trinajstić information content (AvgIpc) is 2.89. The number of carbonyl (C=O) groups is 1. The van der Waals surface area contributed by atoms with E-state index in [1.807, 2.05) is 6.92 Å². The zero-order chi connectivity index (χ0) is 14.5. The van der Waals surface area contributed by atoms with Crippen molar-refractivity contribution in [2.75, 3.05) is 5.32 Å². The van der Waals surface area contributed by atoms with E-state index in [1.54, 1.807) is 24.3 Å². The van der Waals surface area contributed by atoms with E-state index in [1.165, 1.54) is 11.3 Å². The second-order valence-corrected chi connectivity index (χ2v) is 5.38. The molecule has 1 aromatic heterocycles. The molecule has 0 spiro atoms. The quantitative estimate of drug-likeness (QED) is 0.771. The highest BCUT2D eigenvalue weighted by Crippen LogP contribution is 2.16. The molecule has 0 unspecified atom stereocenters. The minimum absolute atomic E-state index is 0.188. The molecule has 0 saturated carbocycles. The van der Waals surface area contributed by atoms with Crippen LogP contribution in [0, 0.1) is 0 Å². The zero-order valence-corrected chi connectivity index (χ0v) is 11.9. The Kier molecular flexibility index (Phi) is 4.65. The summed E-state index contributed by atoms with van der Waals surface area (Å²) >= 11 is 1.34. The summed E-state index contributed by atoms with van der Waals surface area (Å²) < 4.78 is 0. The summed E-state index contributed by atoms with van der Waals surface area (Å²) in [7, 11) is 0. The standard InChI is InChI=1S/C13H16N4O2S/c1-2-11-16-17-13(20-11)15-12(19)10(14)7-8-3-5-9(18)6-4-8/h3-6,10,18H,2,7,14H2,1H3,(H,15,17,19)/t10-/m0/s1. The summed E-state index contributed by atoms with van der Waals surface area (Å²) in [6.45, 7) is 1.97. The van der Waals surface area contributed by atoms with Crippen molar-refractivity contribution in [1.29, 1.82) is 0 Å². The second-order valence-electron chi connectivity index (χ2n) is 4.32. The first-order valence-electron chi connectivity index (χ1n) is 6.25. The normalized spacial score (nSPS) is 12.1.